The molecule has 0 aliphatic carbocycles. The second-order valence-electron chi connectivity index (χ2n) is 13.4. The van der Waals surface area contributed by atoms with Gasteiger partial charge in [-0.15, -0.1) is 0 Å². The van der Waals surface area contributed by atoms with E-state index < -0.39 is 139 Å². The highest BCUT2D eigenvalue weighted by molar-refractivity contribution is 7.99. The fourth-order valence-electron chi connectivity index (χ4n) is 6.46. The maximum absolute atomic E-state index is 14.3. The molecule has 1 aromatic carbocycles. The first kappa shape index (κ1) is 49.0. The van der Waals surface area contributed by atoms with Crippen molar-refractivity contribution in [3.05, 3.63) is 30.3 Å². The van der Waals surface area contributed by atoms with Crippen LogP contribution in [0.2, 0.25) is 0 Å². The van der Waals surface area contributed by atoms with Gasteiger partial charge in [0.1, 0.15) is 43.1 Å². The Balaban J connectivity index is 2.40. The number of methoxy groups -OCH3 is 1. The van der Waals surface area contributed by atoms with Gasteiger partial charge in [-0.1, -0.05) is 30.0 Å². The van der Waals surface area contributed by atoms with Crippen molar-refractivity contribution in [1.82, 2.24) is 5.32 Å². The summed E-state index contributed by atoms with van der Waals surface area (Å²) in [5.41, 5.74) is -1.26. The number of thioether (sulfide) groups is 1. The van der Waals surface area contributed by atoms with Crippen LogP contribution < -0.4 is 5.32 Å². The second kappa shape index (κ2) is 22.3. The highest BCUT2D eigenvalue weighted by Gasteiger charge is 2.63. The zero-order chi connectivity index (χ0) is 44.9. The average molecular weight is 872 g/mol. The third-order valence-corrected chi connectivity index (χ3v) is 9.62. The summed E-state index contributed by atoms with van der Waals surface area (Å²) in [5.74, 6) is -11.3. The summed E-state index contributed by atoms with van der Waals surface area (Å²) in [4.78, 5) is 115. The molecule has 1 aromatic rings. The fourth-order valence-corrected chi connectivity index (χ4v) is 7.59. The highest BCUT2D eigenvalue weighted by Crippen LogP contribution is 2.43. The number of benzene rings is 1. The Morgan fingerprint density at radius 1 is 0.733 bits per heavy atom. The van der Waals surface area contributed by atoms with Crippen LogP contribution in [0.3, 0.4) is 0 Å². The van der Waals surface area contributed by atoms with Crippen LogP contribution >= 0.6 is 11.8 Å². The number of hydrogen-bond donors (Lipinski definition) is 1. The van der Waals surface area contributed by atoms with Gasteiger partial charge in [0, 0.05) is 60.3 Å². The maximum atomic E-state index is 14.3. The third kappa shape index (κ3) is 14.2. The predicted molar refractivity (Wildman–Crippen MR) is 199 cm³/mol. The van der Waals surface area contributed by atoms with Gasteiger partial charge in [0.15, 0.2) is 24.4 Å². The van der Waals surface area contributed by atoms with E-state index in [0.717, 1.165) is 74.3 Å². The molecule has 0 aromatic heterocycles. The number of amides is 1. The molecule has 0 bridgehead atoms. The monoisotopic (exact) mass is 871 g/mol. The van der Waals surface area contributed by atoms with Crippen LogP contribution in [0.5, 0.6) is 0 Å². The molecular weight excluding hydrogens is 822 g/mol. The second-order valence-corrected chi connectivity index (χ2v) is 14.6. The van der Waals surface area contributed by atoms with E-state index in [-0.39, 0.29) is 0 Å². The summed E-state index contributed by atoms with van der Waals surface area (Å²) >= 11 is 1.02. The fraction of sp³-hybridized carbons (Fsp3) is 0.605. The smallest absolute Gasteiger partial charge is 0.366 e. The molecular formula is C38H49NO20S. The Labute approximate surface area is 348 Å². The standard InChI is InChI=1S/C38H49NO20S/c1-18(40)39-30-27(52-21(4)43)15-38(37(48)49-9,58-33(30)31(54-23(6)45)28(53-22(5)44)16-50-19(2)41)59-34-32(55-24(7)46)29(17-51-20(3)42)57-36(35(34)56-25(8)47)60-26-13-11-10-12-14-26/h10-14,27-36H,15-17H2,1-9H3,(H,39,40)/t27-,28+,29+,30+,31+,32-,33+,34-,35+,36-,38-/m0/s1. The van der Waals surface area contributed by atoms with Crippen LogP contribution in [0.25, 0.3) is 0 Å². The molecule has 21 nitrogen and oxygen atoms in total. The number of carbonyl (C=O) groups excluding carboxylic acids is 9. The molecule has 2 aliphatic rings. The molecule has 3 rings (SSSR count). The SMILES string of the molecule is COC(=O)[C@@]1(O[C@H]2[C@@H](OC(C)=O)[C@@H](COC(C)=O)O[C@@H](Sc3ccccc3)[C@@H]2OC(C)=O)C[C@H](OC(C)=O)[C@@H](NC(C)=O)[C@H]([C@H](OC(C)=O)[C@@H](COC(C)=O)OC(C)=O)O1. The topological polar surface area (TPSA) is 267 Å². The number of carbonyl (C=O) groups is 9. The minimum absolute atomic E-state index is 0.560. The van der Waals surface area contributed by atoms with Gasteiger partial charge in [-0.2, -0.15) is 0 Å². The molecule has 0 unspecified atom stereocenters. The predicted octanol–water partition coefficient (Wildman–Crippen LogP) is 0.836. The van der Waals surface area contributed by atoms with Gasteiger partial charge >= 0.3 is 47.8 Å². The van der Waals surface area contributed by atoms with Crippen molar-refractivity contribution in [3.8, 4) is 0 Å². The van der Waals surface area contributed by atoms with E-state index in [1.165, 1.54) is 0 Å². The molecule has 2 heterocycles. The van der Waals surface area contributed by atoms with E-state index >= 15 is 0 Å². The Hall–Kier alpha value is -5.32. The third-order valence-electron chi connectivity index (χ3n) is 8.46. The number of rotatable bonds is 17. The lowest BCUT2D eigenvalue weighted by Gasteiger charge is -2.51. The zero-order valence-electron chi connectivity index (χ0n) is 34.4. The molecule has 0 saturated carbocycles. The normalized spacial score (nSPS) is 27.0. The van der Waals surface area contributed by atoms with E-state index in [1.807, 2.05) is 0 Å². The Morgan fingerprint density at radius 2 is 1.32 bits per heavy atom. The minimum atomic E-state index is -2.86. The lowest BCUT2D eigenvalue weighted by Crippen LogP contribution is -2.71. The van der Waals surface area contributed by atoms with Gasteiger partial charge < -0.3 is 57.4 Å². The Kier molecular flexibility index (Phi) is 18.3. The summed E-state index contributed by atoms with van der Waals surface area (Å²) in [6.45, 7) is 7.00. The largest absolute Gasteiger partial charge is 0.465 e. The van der Waals surface area contributed by atoms with Crippen molar-refractivity contribution >= 4 is 65.4 Å². The maximum Gasteiger partial charge on any atom is 0.366 e. The molecule has 0 radical (unpaired) electrons. The van der Waals surface area contributed by atoms with Crippen LogP contribution in [0.1, 0.15) is 61.8 Å². The van der Waals surface area contributed by atoms with Crippen LogP contribution in [0, 0.1) is 0 Å². The molecule has 60 heavy (non-hydrogen) atoms. The summed E-state index contributed by atoms with van der Waals surface area (Å²) in [6.07, 6.45) is -14.4. The summed E-state index contributed by atoms with van der Waals surface area (Å²) in [5, 5.41) is 2.55. The summed E-state index contributed by atoms with van der Waals surface area (Å²) < 4.78 is 63.0. The number of ether oxygens (including phenoxy) is 11. The molecule has 2 fully saturated rings. The first-order valence-corrected chi connectivity index (χ1v) is 19.2. The lowest BCUT2D eigenvalue weighted by molar-refractivity contribution is -0.351. The van der Waals surface area contributed by atoms with Gasteiger partial charge in [-0.05, 0) is 12.1 Å². The molecule has 0 spiro atoms. The van der Waals surface area contributed by atoms with Crippen LogP contribution in [-0.4, -0.2) is 140 Å². The van der Waals surface area contributed by atoms with Gasteiger partial charge in [0.25, 0.3) is 5.79 Å². The van der Waals surface area contributed by atoms with Crippen LogP contribution in [0.15, 0.2) is 35.2 Å². The molecule has 22 heteroatoms. The highest BCUT2D eigenvalue weighted by atomic mass is 32.2. The molecule has 2 aliphatic heterocycles. The molecule has 2 saturated heterocycles. The van der Waals surface area contributed by atoms with Crippen molar-refractivity contribution < 1.29 is 95.3 Å². The summed E-state index contributed by atoms with van der Waals surface area (Å²) in [6, 6.07) is 7.03. The van der Waals surface area contributed by atoms with Gasteiger partial charge in [0.05, 0.1) is 19.6 Å². The van der Waals surface area contributed by atoms with Crippen molar-refractivity contribution in [1.29, 1.82) is 0 Å². The average Bonchev–Trinajstić information content (AvgIpc) is 3.14. The first-order valence-electron chi connectivity index (χ1n) is 18.4. The van der Waals surface area contributed by atoms with E-state index in [0.29, 0.717) is 4.90 Å². The lowest BCUT2D eigenvalue weighted by atomic mass is 9.87. The van der Waals surface area contributed by atoms with E-state index in [2.05, 4.69) is 5.32 Å². The number of nitrogens with one attached hydrogen (secondary N) is 1. The molecule has 332 valence electrons. The van der Waals surface area contributed by atoms with Gasteiger partial charge in [0.2, 0.25) is 5.91 Å². The molecule has 1 N–H and O–H groups in total. The van der Waals surface area contributed by atoms with Crippen LogP contribution in [0.4, 0.5) is 0 Å². The minimum Gasteiger partial charge on any atom is -0.465 e. The van der Waals surface area contributed by atoms with Crippen molar-refractivity contribution in [2.45, 2.75) is 133 Å². The van der Waals surface area contributed by atoms with E-state index in [9.17, 15) is 43.2 Å². The number of hydrogen-bond acceptors (Lipinski definition) is 21. The first-order chi connectivity index (χ1) is 28.2. The molecule has 11 atom stereocenters. The Morgan fingerprint density at radius 3 is 1.83 bits per heavy atom. The van der Waals surface area contributed by atoms with Crippen molar-refractivity contribution in [2.75, 3.05) is 20.3 Å². The van der Waals surface area contributed by atoms with E-state index in [4.69, 9.17) is 52.1 Å². The molecule has 1 amide bonds. The van der Waals surface area contributed by atoms with Crippen molar-refractivity contribution in [3.63, 3.8) is 0 Å². The quantitative estimate of drug-likeness (QED) is 0.168. The zero-order valence-corrected chi connectivity index (χ0v) is 35.2. The van der Waals surface area contributed by atoms with Crippen molar-refractivity contribution in [2.24, 2.45) is 0 Å². The van der Waals surface area contributed by atoms with Crippen LogP contribution in [-0.2, 0) is 95.3 Å². The van der Waals surface area contributed by atoms with E-state index in [1.54, 1.807) is 30.3 Å². The Bertz CT molecular complexity index is 1740. The van der Waals surface area contributed by atoms with Gasteiger partial charge in [-0.25, -0.2) is 4.79 Å². The summed E-state index contributed by atoms with van der Waals surface area (Å²) in [7, 11) is 0.938. The number of esters is 8. The van der Waals surface area contributed by atoms with Gasteiger partial charge in [-0.3, -0.25) is 38.4 Å².